The first kappa shape index (κ1) is 26.4. The average Bonchev–Trinajstić information content (AvgIpc) is 3.13. The maximum Gasteiger partial charge on any atom is -0.00199 e. The van der Waals surface area contributed by atoms with Gasteiger partial charge in [-0.15, -0.1) is 0 Å². The lowest BCUT2D eigenvalue weighted by Gasteiger charge is -2.21. The van der Waals surface area contributed by atoms with Crippen molar-refractivity contribution in [3.8, 4) is 44.5 Å². The molecule has 0 radical (unpaired) electrons. The fraction of sp³-hybridized carbons (Fsp3) is 0. The number of rotatable bonds is 4. The Labute approximate surface area is 268 Å². The van der Waals surface area contributed by atoms with Crippen molar-refractivity contribution < 1.29 is 0 Å². The predicted molar refractivity (Wildman–Crippen MR) is 198 cm³/mol. The molecule has 0 bridgehead atoms. The molecular weight excluding hydrogens is 553 g/mol. The zero-order chi connectivity index (χ0) is 30.5. The fourth-order valence-corrected chi connectivity index (χ4v) is 7.24. The molecule has 0 aromatic heterocycles. The summed E-state index contributed by atoms with van der Waals surface area (Å²) in [6.45, 7) is 0. The minimum atomic E-state index is 1.22. The smallest absolute Gasteiger partial charge is 0.00199 e. The Morgan fingerprint density at radius 3 is 1.41 bits per heavy atom. The first-order valence-corrected chi connectivity index (χ1v) is 15.9. The molecule has 0 aliphatic heterocycles. The molecule has 0 unspecified atom stereocenters. The molecule has 0 aliphatic rings. The molecule has 0 spiro atoms. The van der Waals surface area contributed by atoms with E-state index in [1.807, 2.05) is 0 Å². The van der Waals surface area contributed by atoms with Crippen LogP contribution in [0.1, 0.15) is 0 Å². The highest BCUT2D eigenvalue weighted by molar-refractivity contribution is 6.23. The van der Waals surface area contributed by atoms with Crippen molar-refractivity contribution in [1.82, 2.24) is 0 Å². The minimum absolute atomic E-state index is 1.22. The number of hydrogen-bond acceptors (Lipinski definition) is 0. The van der Waals surface area contributed by atoms with E-state index in [1.165, 1.54) is 87.6 Å². The van der Waals surface area contributed by atoms with Crippen molar-refractivity contribution >= 4 is 43.1 Å². The summed E-state index contributed by atoms with van der Waals surface area (Å²) in [4.78, 5) is 0. The maximum absolute atomic E-state index is 2.41. The topological polar surface area (TPSA) is 0 Å². The molecule has 0 nitrogen and oxygen atoms in total. The highest BCUT2D eigenvalue weighted by Gasteiger charge is 2.20. The molecule has 0 saturated heterocycles. The summed E-state index contributed by atoms with van der Waals surface area (Å²) < 4.78 is 0. The van der Waals surface area contributed by atoms with Gasteiger partial charge in [0.2, 0.25) is 0 Å². The molecule has 0 atom stereocenters. The fourth-order valence-electron chi connectivity index (χ4n) is 7.24. The zero-order valence-electron chi connectivity index (χ0n) is 25.3. The summed E-state index contributed by atoms with van der Waals surface area (Å²) in [5.74, 6) is 0. The molecule has 0 aliphatic carbocycles. The highest BCUT2D eigenvalue weighted by atomic mass is 14.2. The van der Waals surface area contributed by atoms with Crippen molar-refractivity contribution in [1.29, 1.82) is 0 Å². The van der Waals surface area contributed by atoms with Crippen LogP contribution in [-0.2, 0) is 0 Å². The van der Waals surface area contributed by atoms with Gasteiger partial charge in [0.05, 0.1) is 0 Å². The standard InChI is InChI=1S/C46H30/c1-3-13-31(14-4-1)37-25-26-41-43(30-37)45(38-24-23-32-15-7-8-18-34(32)27-38)39-21-11-12-22-40(39)46(41)44-29-36-20-10-9-19-35(36)28-42(44)33-16-5-2-6-17-33/h1-30H. The number of benzene rings is 9. The van der Waals surface area contributed by atoms with E-state index in [-0.39, 0.29) is 0 Å². The molecule has 9 rings (SSSR count). The van der Waals surface area contributed by atoms with E-state index in [9.17, 15) is 0 Å². The van der Waals surface area contributed by atoms with Gasteiger partial charge in [-0.2, -0.15) is 0 Å². The van der Waals surface area contributed by atoms with E-state index in [0.29, 0.717) is 0 Å². The minimum Gasteiger partial charge on any atom is -0.0622 e. The molecule has 0 amide bonds. The van der Waals surface area contributed by atoms with Crippen molar-refractivity contribution in [2.45, 2.75) is 0 Å². The molecule has 214 valence electrons. The molecule has 0 N–H and O–H groups in total. The van der Waals surface area contributed by atoms with Gasteiger partial charge in [0.25, 0.3) is 0 Å². The molecule has 46 heavy (non-hydrogen) atoms. The average molecular weight is 583 g/mol. The van der Waals surface area contributed by atoms with Gasteiger partial charge in [0.1, 0.15) is 0 Å². The Balaban J connectivity index is 1.45. The highest BCUT2D eigenvalue weighted by Crippen LogP contribution is 2.48. The SMILES string of the molecule is c1ccc(-c2ccc3c(-c4cc5ccccc5cc4-c4ccccc4)c4ccccc4c(-c4ccc5ccccc5c4)c3c2)cc1. The largest absolute Gasteiger partial charge is 0.0622 e. The third kappa shape index (κ3) is 4.38. The lowest BCUT2D eigenvalue weighted by Crippen LogP contribution is -1.94. The van der Waals surface area contributed by atoms with Crippen LogP contribution in [-0.4, -0.2) is 0 Å². The van der Waals surface area contributed by atoms with Gasteiger partial charge in [-0.25, -0.2) is 0 Å². The van der Waals surface area contributed by atoms with Gasteiger partial charge in [-0.05, 0) is 112 Å². The van der Waals surface area contributed by atoms with Crippen LogP contribution in [0.4, 0.5) is 0 Å². The molecule has 0 fully saturated rings. The van der Waals surface area contributed by atoms with Crippen LogP contribution in [0.3, 0.4) is 0 Å². The molecule has 0 heterocycles. The predicted octanol–water partition coefficient (Wildman–Crippen LogP) is 13.0. The monoisotopic (exact) mass is 582 g/mol. The maximum atomic E-state index is 2.41. The molecule has 9 aromatic rings. The Bertz CT molecular complexity index is 2560. The summed E-state index contributed by atoms with van der Waals surface area (Å²) in [5, 5.41) is 10.0. The summed E-state index contributed by atoms with van der Waals surface area (Å²) in [6, 6.07) is 66.7. The summed E-state index contributed by atoms with van der Waals surface area (Å²) in [7, 11) is 0. The summed E-state index contributed by atoms with van der Waals surface area (Å²) >= 11 is 0. The van der Waals surface area contributed by atoms with Crippen LogP contribution in [0.5, 0.6) is 0 Å². The van der Waals surface area contributed by atoms with E-state index >= 15 is 0 Å². The van der Waals surface area contributed by atoms with Crippen LogP contribution in [0.15, 0.2) is 182 Å². The van der Waals surface area contributed by atoms with Gasteiger partial charge in [0, 0.05) is 0 Å². The van der Waals surface area contributed by atoms with Gasteiger partial charge in [0.15, 0.2) is 0 Å². The lowest BCUT2D eigenvalue weighted by molar-refractivity contribution is 1.62. The third-order valence-corrected chi connectivity index (χ3v) is 9.41. The van der Waals surface area contributed by atoms with E-state index in [0.717, 1.165) is 0 Å². The normalized spacial score (nSPS) is 11.5. The molecule has 0 heteroatoms. The molecule has 9 aromatic carbocycles. The lowest BCUT2D eigenvalue weighted by atomic mass is 9.82. The van der Waals surface area contributed by atoms with Gasteiger partial charge in [-0.3, -0.25) is 0 Å². The summed E-state index contributed by atoms with van der Waals surface area (Å²) in [5.41, 5.74) is 9.95. The van der Waals surface area contributed by atoms with E-state index in [2.05, 4.69) is 182 Å². The number of hydrogen-bond donors (Lipinski definition) is 0. The van der Waals surface area contributed by atoms with Crippen molar-refractivity contribution in [3.05, 3.63) is 182 Å². The van der Waals surface area contributed by atoms with Gasteiger partial charge < -0.3 is 0 Å². The quantitative estimate of drug-likeness (QED) is 0.181. The van der Waals surface area contributed by atoms with Crippen LogP contribution in [0.2, 0.25) is 0 Å². The Kier molecular flexibility index (Phi) is 6.25. The van der Waals surface area contributed by atoms with Crippen LogP contribution >= 0.6 is 0 Å². The second kappa shape index (κ2) is 10.9. The Morgan fingerprint density at radius 1 is 0.217 bits per heavy atom. The van der Waals surface area contributed by atoms with E-state index < -0.39 is 0 Å². The zero-order valence-corrected chi connectivity index (χ0v) is 25.3. The van der Waals surface area contributed by atoms with E-state index in [4.69, 9.17) is 0 Å². The Hall–Kier alpha value is -5.98. The van der Waals surface area contributed by atoms with E-state index in [1.54, 1.807) is 0 Å². The second-order valence-electron chi connectivity index (χ2n) is 12.1. The van der Waals surface area contributed by atoms with Crippen molar-refractivity contribution in [3.63, 3.8) is 0 Å². The summed E-state index contributed by atoms with van der Waals surface area (Å²) in [6.07, 6.45) is 0. The van der Waals surface area contributed by atoms with Crippen molar-refractivity contribution in [2.75, 3.05) is 0 Å². The first-order valence-electron chi connectivity index (χ1n) is 15.9. The second-order valence-corrected chi connectivity index (χ2v) is 12.1. The first-order chi connectivity index (χ1) is 22.8. The number of fused-ring (bicyclic) bond motifs is 4. The van der Waals surface area contributed by atoms with Crippen LogP contribution in [0, 0.1) is 0 Å². The van der Waals surface area contributed by atoms with Gasteiger partial charge in [-0.1, -0.05) is 158 Å². The Morgan fingerprint density at radius 2 is 0.717 bits per heavy atom. The molecular formula is C46H30. The third-order valence-electron chi connectivity index (χ3n) is 9.41. The van der Waals surface area contributed by atoms with Gasteiger partial charge >= 0.3 is 0 Å². The van der Waals surface area contributed by atoms with Crippen LogP contribution < -0.4 is 0 Å². The van der Waals surface area contributed by atoms with Crippen molar-refractivity contribution in [2.24, 2.45) is 0 Å². The van der Waals surface area contributed by atoms with Crippen LogP contribution in [0.25, 0.3) is 87.6 Å². The molecule has 0 saturated carbocycles.